The Kier molecular flexibility index (Phi) is 3.44. The highest BCUT2D eigenvalue weighted by Crippen LogP contribution is 2.18. The van der Waals surface area contributed by atoms with Crippen molar-refractivity contribution in [1.82, 2.24) is 5.32 Å². The molecule has 16 heavy (non-hydrogen) atoms. The summed E-state index contributed by atoms with van der Waals surface area (Å²) in [5.74, 6) is 0.452. The van der Waals surface area contributed by atoms with Crippen LogP contribution in [0.4, 0.5) is 10.1 Å². The van der Waals surface area contributed by atoms with E-state index in [-0.39, 0.29) is 5.82 Å². The third-order valence-corrected chi connectivity index (χ3v) is 3.03. The second-order valence-corrected chi connectivity index (χ2v) is 4.80. The number of nitrogens with zero attached hydrogens (tertiary/aromatic N) is 1. The summed E-state index contributed by atoms with van der Waals surface area (Å²) in [5.41, 5.74) is 1.11. The van der Waals surface area contributed by atoms with Crippen LogP contribution in [0.15, 0.2) is 24.3 Å². The van der Waals surface area contributed by atoms with Crippen molar-refractivity contribution < 1.29 is 4.39 Å². The average molecular weight is 222 g/mol. The Morgan fingerprint density at radius 2 is 1.88 bits per heavy atom. The SMILES string of the molecule is CC1CNC(C)CN(c2ccc(F)cc2)C1. The van der Waals surface area contributed by atoms with Crippen molar-refractivity contribution in [3.63, 3.8) is 0 Å². The molecule has 0 aromatic heterocycles. The number of hydrogen-bond acceptors (Lipinski definition) is 2. The third-order valence-electron chi connectivity index (χ3n) is 3.03. The molecule has 1 aliphatic heterocycles. The predicted octanol–water partition coefficient (Wildman–Crippen LogP) is 2.26. The van der Waals surface area contributed by atoms with Gasteiger partial charge in [0.2, 0.25) is 0 Å². The summed E-state index contributed by atoms with van der Waals surface area (Å²) >= 11 is 0. The highest BCUT2D eigenvalue weighted by atomic mass is 19.1. The van der Waals surface area contributed by atoms with Crippen molar-refractivity contribution in [2.45, 2.75) is 19.9 Å². The molecule has 0 saturated carbocycles. The van der Waals surface area contributed by atoms with Crippen LogP contribution in [-0.2, 0) is 0 Å². The lowest BCUT2D eigenvalue weighted by Crippen LogP contribution is -2.35. The van der Waals surface area contributed by atoms with E-state index in [1.165, 1.54) is 12.1 Å². The van der Waals surface area contributed by atoms with Gasteiger partial charge in [0.1, 0.15) is 5.82 Å². The lowest BCUT2D eigenvalue weighted by Gasteiger charge is -2.26. The average Bonchev–Trinajstić information content (AvgIpc) is 2.42. The maximum atomic E-state index is 12.9. The molecule has 0 spiro atoms. The van der Waals surface area contributed by atoms with Crippen LogP contribution in [0.25, 0.3) is 0 Å². The van der Waals surface area contributed by atoms with E-state index in [0.29, 0.717) is 12.0 Å². The van der Waals surface area contributed by atoms with Crippen LogP contribution >= 0.6 is 0 Å². The third kappa shape index (κ3) is 2.73. The Labute approximate surface area is 96.5 Å². The zero-order chi connectivity index (χ0) is 11.5. The molecule has 1 aliphatic rings. The van der Waals surface area contributed by atoms with Gasteiger partial charge in [0.05, 0.1) is 0 Å². The van der Waals surface area contributed by atoms with E-state index in [0.717, 1.165) is 25.3 Å². The molecule has 88 valence electrons. The smallest absolute Gasteiger partial charge is 0.123 e. The normalized spacial score (nSPS) is 26.6. The number of hydrogen-bond donors (Lipinski definition) is 1. The minimum Gasteiger partial charge on any atom is -0.370 e. The fourth-order valence-electron chi connectivity index (χ4n) is 2.18. The Hall–Kier alpha value is -1.09. The topological polar surface area (TPSA) is 15.3 Å². The molecule has 1 saturated heterocycles. The summed E-state index contributed by atoms with van der Waals surface area (Å²) < 4.78 is 12.9. The van der Waals surface area contributed by atoms with Crippen molar-refractivity contribution in [3.05, 3.63) is 30.1 Å². The second-order valence-electron chi connectivity index (χ2n) is 4.80. The van der Waals surface area contributed by atoms with Gasteiger partial charge < -0.3 is 10.2 Å². The Morgan fingerprint density at radius 3 is 2.56 bits per heavy atom. The molecule has 1 N–H and O–H groups in total. The van der Waals surface area contributed by atoms with Crippen molar-refractivity contribution in [3.8, 4) is 0 Å². The minimum atomic E-state index is -0.169. The molecule has 2 unspecified atom stereocenters. The first kappa shape index (κ1) is 11.4. The van der Waals surface area contributed by atoms with E-state index in [2.05, 4.69) is 24.1 Å². The van der Waals surface area contributed by atoms with Gasteiger partial charge in [0, 0.05) is 24.8 Å². The first-order chi connectivity index (χ1) is 7.65. The molecule has 1 aromatic rings. The summed E-state index contributed by atoms with van der Waals surface area (Å²) in [6.07, 6.45) is 0. The number of halogens is 1. The number of nitrogens with one attached hydrogen (secondary N) is 1. The summed E-state index contributed by atoms with van der Waals surface area (Å²) in [5, 5.41) is 3.49. The lowest BCUT2D eigenvalue weighted by atomic mass is 10.1. The zero-order valence-electron chi connectivity index (χ0n) is 9.91. The van der Waals surface area contributed by atoms with Gasteiger partial charge in [-0.05, 0) is 43.7 Å². The predicted molar refractivity (Wildman–Crippen MR) is 65.2 cm³/mol. The van der Waals surface area contributed by atoms with Gasteiger partial charge in [-0.2, -0.15) is 0 Å². The molecule has 1 heterocycles. The van der Waals surface area contributed by atoms with Gasteiger partial charge in [0.15, 0.2) is 0 Å². The van der Waals surface area contributed by atoms with Crippen molar-refractivity contribution in [2.24, 2.45) is 5.92 Å². The lowest BCUT2D eigenvalue weighted by molar-refractivity contribution is 0.525. The summed E-state index contributed by atoms with van der Waals surface area (Å²) in [4.78, 5) is 2.33. The monoisotopic (exact) mass is 222 g/mol. The first-order valence-electron chi connectivity index (χ1n) is 5.89. The molecule has 0 amide bonds. The van der Waals surface area contributed by atoms with Crippen molar-refractivity contribution in [2.75, 3.05) is 24.5 Å². The van der Waals surface area contributed by atoms with Crippen LogP contribution in [0.1, 0.15) is 13.8 Å². The summed E-state index contributed by atoms with van der Waals surface area (Å²) in [6, 6.07) is 7.27. The van der Waals surface area contributed by atoms with E-state index < -0.39 is 0 Å². The van der Waals surface area contributed by atoms with Gasteiger partial charge in [-0.25, -0.2) is 4.39 Å². The standard InChI is InChI=1S/C13H19FN2/c1-10-7-15-11(2)9-16(8-10)13-5-3-12(14)4-6-13/h3-6,10-11,15H,7-9H2,1-2H3. The molecular formula is C13H19FN2. The zero-order valence-corrected chi connectivity index (χ0v) is 9.91. The van der Waals surface area contributed by atoms with Gasteiger partial charge in [0.25, 0.3) is 0 Å². The summed E-state index contributed by atoms with van der Waals surface area (Å²) in [7, 11) is 0. The van der Waals surface area contributed by atoms with Gasteiger partial charge in [-0.3, -0.25) is 0 Å². The highest BCUT2D eigenvalue weighted by Gasteiger charge is 2.18. The molecule has 2 rings (SSSR count). The maximum absolute atomic E-state index is 12.9. The highest BCUT2D eigenvalue weighted by molar-refractivity contribution is 5.46. The van der Waals surface area contributed by atoms with E-state index in [9.17, 15) is 4.39 Å². The molecule has 1 fully saturated rings. The molecule has 2 atom stereocenters. The van der Waals surface area contributed by atoms with Crippen molar-refractivity contribution >= 4 is 5.69 Å². The molecule has 2 nitrogen and oxygen atoms in total. The van der Waals surface area contributed by atoms with Crippen molar-refractivity contribution in [1.29, 1.82) is 0 Å². The van der Waals surface area contributed by atoms with Gasteiger partial charge in [-0.15, -0.1) is 0 Å². The van der Waals surface area contributed by atoms with Gasteiger partial charge >= 0.3 is 0 Å². The van der Waals surface area contributed by atoms with Crippen LogP contribution in [0.3, 0.4) is 0 Å². The van der Waals surface area contributed by atoms with E-state index in [4.69, 9.17) is 0 Å². The Balaban J connectivity index is 2.14. The Bertz CT molecular complexity index is 324. The second kappa shape index (κ2) is 4.83. The Morgan fingerprint density at radius 1 is 1.19 bits per heavy atom. The number of anilines is 1. The number of benzene rings is 1. The molecule has 1 aromatic carbocycles. The van der Waals surface area contributed by atoms with E-state index in [1.54, 1.807) is 0 Å². The van der Waals surface area contributed by atoms with Crippen LogP contribution in [0.5, 0.6) is 0 Å². The largest absolute Gasteiger partial charge is 0.370 e. The molecule has 0 radical (unpaired) electrons. The molecule has 3 heteroatoms. The summed E-state index contributed by atoms with van der Waals surface area (Å²) in [6.45, 7) is 7.49. The minimum absolute atomic E-state index is 0.169. The fraction of sp³-hybridized carbons (Fsp3) is 0.538. The van der Waals surface area contributed by atoms with Gasteiger partial charge in [-0.1, -0.05) is 6.92 Å². The molecule has 0 bridgehead atoms. The van der Waals surface area contributed by atoms with Crippen LogP contribution in [0, 0.1) is 11.7 Å². The number of rotatable bonds is 1. The van der Waals surface area contributed by atoms with Crippen LogP contribution in [-0.4, -0.2) is 25.7 Å². The van der Waals surface area contributed by atoms with Crippen LogP contribution in [0.2, 0.25) is 0 Å². The maximum Gasteiger partial charge on any atom is 0.123 e. The van der Waals surface area contributed by atoms with E-state index in [1.807, 2.05) is 12.1 Å². The molecule has 0 aliphatic carbocycles. The first-order valence-corrected chi connectivity index (χ1v) is 5.89. The fourth-order valence-corrected chi connectivity index (χ4v) is 2.18. The van der Waals surface area contributed by atoms with Crippen LogP contribution < -0.4 is 10.2 Å². The van der Waals surface area contributed by atoms with E-state index >= 15 is 0 Å². The molecular weight excluding hydrogens is 203 g/mol. The quantitative estimate of drug-likeness (QED) is 0.784.